The van der Waals surface area contributed by atoms with Crippen LogP contribution in [0, 0.1) is 103 Å². The maximum absolute atomic E-state index is 15.3. The van der Waals surface area contributed by atoms with E-state index in [-0.39, 0.29) is 49.5 Å². The van der Waals surface area contributed by atoms with Gasteiger partial charge in [-0.25, -0.2) is 52.5 Å². The van der Waals surface area contributed by atoms with Crippen LogP contribution in [0.5, 0.6) is 0 Å². The summed E-state index contributed by atoms with van der Waals surface area (Å²) in [5, 5.41) is 66.6. The Hall–Kier alpha value is -8.50. The van der Waals surface area contributed by atoms with Crippen LogP contribution in [0.2, 0.25) is 0 Å². The first-order valence-electron chi connectivity index (χ1n) is 13.3. The molecule has 6 rings (SSSR count). The van der Waals surface area contributed by atoms with Crippen LogP contribution < -0.4 is 21.4 Å². The van der Waals surface area contributed by atoms with Crippen molar-refractivity contribution in [1.29, 1.82) is 36.8 Å². The van der Waals surface area contributed by atoms with Crippen molar-refractivity contribution in [3.05, 3.63) is 114 Å². The van der Waals surface area contributed by atoms with Crippen molar-refractivity contribution in [2.24, 2.45) is 20.0 Å². The van der Waals surface area contributed by atoms with E-state index in [1.807, 2.05) is 18.2 Å². The van der Waals surface area contributed by atoms with Gasteiger partial charge in [-0.3, -0.25) is 0 Å². The molecule has 230 valence electrons. The number of rotatable bonds is 3. The average molecular weight is 660 g/mol. The first kappa shape index (κ1) is 31.5. The molecule has 0 atom stereocenters. The van der Waals surface area contributed by atoms with Gasteiger partial charge in [0.25, 0.3) is 0 Å². The summed E-state index contributed by atoms with van der Waals surface area (Å²) in [6.07, 6.45) is 0. The molecule has 0 saturated carbocycles. The minimum atomic E-state index is -2.07. The van der Waals surface area contributed by atoms with Gasteiger partial charge in [0, 0.05) is 5.56 Å². The van der Waals surface area contributed by atoms with Crippen molar-refractivity contribution >= 4 is 5.57 Å². The predicted molar refractivity (Wildman–Crippen MR) is 151 cm³/mol. The van der Waals surface area contributed by atoms with E-state index in [4.69, 9.17) is 5.26 Å². The molecule has 0 fully saturated rings. The SMILES string of the molecule is N#CC(C#N)=C1N=c2ccc(-c3nc(C(C#N)=C4N=c5cc(C#N)c(C#N)cc5=N4)nc(-c4c(F)c(F)c(C#N)c(F)c4F)n3)c(C#N)c2=N1. The Labute approximate surface area is 274 Å². The Morgan fingerprint density at radius 2 is 1.10 bits per heavy atom. The molecule has 2 aliphatic heterocycles. The highest BCUT2D eigenvalue weighted by Gasteiger charge is 2.30. The van der Waals surface area contributed by atoms with Crippen LogP contribution >= 0.6 is 0 Å². The third-order valence-electron chi connectivity index (χ3n) is 7.00. The van der Waals surface area contributed by atoms with Crippen LogP contribution in [0.4, 0.5) is 17.6 Å². The number of nitriles is 7. The summed E-state index contributed by atoms with van der Waals surface area (Å²) >= 11 is 0. The van der Waals surface area contributed by atoms with E-state index < -0.39 is 68.8 Å². The molecule has 0 unspecified atom stereocenters. The maximum atomic E-state index is 15.3. The summed E-state index contributed by atoms with van der Waals surface area (Å²) in [6, 6.07) is 16.4. The van der Waals surface area contributed by atoms with Crippen molar-refractivity contribution in [3.8, 4) is 65.3 Å². The van der Waals surface area contributed by atoms with Gasteiger partial charge in [-0.2, -0.15) is 36.8 Å². The third-order valence-corrected chi connectivity index (χ3v) is 7.00. The Kier molecular flexibility index (Phi) is 7.57. The van der Waals surface area contributed by atoms with Gasteiger partial charge in [0.1, 0.15) is 59.0 Å². The molecule has 0 saturated heterocycles. The summed E-state index contributed by atoms with van der Waals surface area (Å²) in [4.78, 5) is 28.5. The second kappa shape index (κ2) is 12.0. The Bertz CT molecular complexity index is 2850. The Balaban J connectivity index is 1.70. The smallest absolute Gasteiger partial charge is 0.182 e. The number of nitrogens with zero attached hydrogens (tertiary/aromatic N) is 14. The fourth-order valence-electron chi connectivity index (χ4n) is 4.72. The van der Waals surface area contributed by atoms with Gasteiger partial charge in [-0.15, -0.1) is 0 Å². The normalized spacial score (nSPS) is 11.6. The topological polar surface area (TPSA) is 255 Å². The van der Waals surface area contributed by atoms with E-state index in [1.54, 1.807) is 18.2 Å². The molecule has 4 aromatic rings. The highest BCUT2D eigenvalue weighted by molar-refractivity contribution is 5.78. The van der Waals surface area contributed by atoms with E-state index in [0.29, 0.717) is 0 Å². The molecular formula is C32H4F4N14. The number of hydrogen-bond acceptors (Lipinski definition) is 14. The van der Waals surface area contributed by atoms with Gasteiger partial charge in [-0.05, 0) is 24.3 Å². The average Bonchev–Trinajstić information content (AvgIpc) is 3.75. The molecule has 0 N–H and O–H groups in total. The number of hydrogen-bond donors (Lipinski definition) is 0. The number of fused-ring (bicyclic) bond motifs is 2. The zero-order chi connectivity index (χ0) is 35.9. The first-order chi connectivity index (χ1) is 24.1. The Morgan fingerprint density at radius 3 is 1.62 bits per heavy atom. The quantitative estimate of drug-likeness (QED) is 0.175. The number of aromatic nitrogens is 3. The predicted octanol–water partition coefficient (Wildman–Crippen LogP) is 1.91. The van der Waals surface area contributed by atoms with Crippen LogP contribution in [0.1, 0.15) is 28.1 Å². The van der Waals surface area contributed by atoms with Crippen LogP contribution in [-0.4, -0.2) is 15.0 Å². The van der Waals surface area contributed by atoms with Crippen molar-refractivity contribution in [2.75, 3.05) is 0 Å². The summed E-state index contributed by atoms with van der Waals surface area (Å²) in [5.41, 5.74) is -4.81. The molecule has 0 aliphatic carbocycles. The second-order valence-electron chi connectivity index (χ2n) is 9.68. The molecule has 50 heavy (non-hydrogen) atoms. The molecule has 2 aliphatic rings. The monoisotopic (exact) mass is 660 g/mol. The molecule has 0 spiro atoms. The van der Waals surface area contributed by atoms with Crippen molar-refractivity contribution in [1.82, 2.24) is 15.0 Å². The second-order valence-corrected chi connectivity index (χ2v) is 9.68. The lowest BCUT2D eigenvalue weighted by Gasteiger charge is -2.11. The zero-order valence-corrected chi connectivity index (χ0v) is 24.1. The van der Waals surface area contributed by atoms with Gasteiger partial charge in [0.2, 0.25) is 0 Å². The number of allylic oxidation sites excluding steroid dienone is 2. The minimum Gasteiger partial charge on any atom is -0.226 e. The van der Waals surface area contributed by atoms with E-state index in [1.165, 1.54) is 24.3 Å². The van der Waals surface area contributed by atoms with Crippen LogP contribution in [0.3, 0.4) is 0 Å². The molecule has 3 heterocycles. The molecule has 14 nitrogen and oxygen atoms in total. The molecule has 0 bridgehead atoms. The summed E-state index contributed by atoms with van der Waals surface area (Å²) < 4.78 is 60.2. The van der Waals surface area contributed by atoms with E-state index in [9.17, 15) is 40.4 Å². The zero-order valence-electron chi connectivity index (χ0n) is 24.1. The summed E-state index contributed by atoms with van der Waals surface area (Å²) in [7, 11) is 0. The lowest BCUT2D eigenvalue weighted by Crippen LogP contribution is -2.26. The van der Waals surface area contributed by atoms with Crippen LogP contribution in [0.15, 0.2) is 61.5 Å². The summed E-state index contributed by atoms with van der Waals surface area (Å²) in [6.45, 7) is 0. The van der Waals surface area contributed by atoms with E-state index >= 15 is 8.78 Å². The highest BCUT2D eigenvalue weighted by Crippen LogP contribution is 2.32. The highest BCUT2D eigenvalue weighted by atomic mass is 19.2. The van der Waals surface area contributed by atoms with Gasteiger partial charge in [0.05, 0.1) is 38.3 Å². The molecule has 1 aromatic heterocycles. The van der Waals surface area contributed by atoms with Crippen LogP contribution in [-0.2, 0) is 0 Å². The van der Waals surface area contributed by atoms with E-state index in [0.717, 1.165) is 6.07 Å². The Morgan fingerprint density at radius 1 is 0.540 bits per heavy atom. The van der Waals surface area contributed by atoms with Gasteiger partial charge < -0.3 is 0 Å². The fourth-order valence-corrected chi connectivity index (χ4v) is 4.72. The first-order valence-corrected chi connectivity index (χ1v) is 13.3. The lowest BCUT2D eigenvalue weighted by atomic mass is 10.1. The van der Waals surface area contributed by atoms with Gasteiger partial charge >= 0.3 is 0 Å². The van der Waals surface area contributed by atoms with E-state index in [2.05, 4.69) is 34.9 Å². The molecular weight excluding hydrogens is 656 g/mol. The minimum absolute atomic E-state index is 0.0424. The van der Waals surface area contributed by atoms with Gasteiger partial charge in [0.15, 0.2) is 58.0 Å². The maximum Gasteiger partial charge on any atom is 0.182 e. The standard InChI is InChI=1S/C32H4F4N14/c33-23-17(10-42)24(34)26(36)22(25(23)35)32-49-29(15-1-2-19-27(16(15)9-41)47-28(44-19)14(7-39)8-40)48-31(50-32)18(11-43)30-45-20-3-12(5-37)13(6-38)4-21(20)46-30/h1-4H. The lowest BCUT2D eigenvalue weighted by molar-refractivity contribution is 0.453. The molecule has 3 aromatic carbocycles. The van der Waals surface area contributed by atoms with Crippen molar-refractivity contribution in [2.45, 2.75) is 0 Å². The van der Waals surface area contributed by atoms with Gasteiger partial charge in [-0.1, -0.05) is 0 Å². The molecule has 18 heteroatoms. The number of benzene rings is 3. The number of halogens is 4. The molecule has 0 radical (unpaired) electrons. The third kappa shape index (κ3) is 4.80. The largest absolute Gasteiger partial charge is 0.226 e. The molecule has 0 amide bonds. The van der Waals surface area contributed by atoms with Crippen molar-refractivity contribution in [3.63, 3.8) is 0 Å². The fraction of sp³-hybridized carbons (Fsp3) is 0. The van der Waals surface area contributed by atoms with Crippen LogP contribution in [0.25, 0.3) is 28.3 Å². The van der Waals surface area contributed by atoms with Crippen molar-refractivity contribution < 1.29 is 17.6 Å². The summed E-state index contributed by atoms with van der Waals surface area (Å²) in [5.74, 6) is -11.4.